The third-order valence-corrected chi connectivity index (χ3v) is 3.05. The molecule has 0 aromatic heterocycles. The average molecular weight is 221 g/mol. The number of hydrogen-bond donors (Lipinski definition) is 0. The number of rotatable bonds is 5. The van der Waals surface area contributed by atoms with Crippen LogP contribution >= 0.6 is 0 Å². The Hall–Kier alpha value is -1.02. The molecule has 0 atom stereocenters. The van der Waals surface area contributed by atoms with Gasteiger partial charge in [-0.1, -0.05) is 19.1 Å². The summed E-state index contributed by atoms with van der Waals surface area (Å²) in [4.78, 5) is 2.32. The molecule has 0 aliphatic heterocycles. The molecular weight excluding hydrogens is 198 g/mol. The molecule has 16 heavy (non-hydrogen) atoms. The molecule has 1 aromatic carbocycles. The molecule has 0 saturated heterocycles. The van der Waals surface area contributed by atoms with E-state index >= 15 is 0 Å². The van der Waals surface area contributed by atoms with Crippen molar-refractivity contribution < 1.29 is 4.74 Å². The van der Waals surface area contributed by atoms with Crippen molar-refractivity contribution in [2.45, 2.75) is 39.8 Å². The highest BCUT2D eigenvalue weighted by atomic mass is 16.5. The lowest BCUT2D eigenvalue weighted by Crippen LogP contribution is -2.25. The predicted molar refractivity (Wildman–Crippen MR) is 69.0 cm³/mol. The van der Waals surface area contributed by atoms with E-state index in [0.29, 0.717) is 6.04 Å². The zero-order valence-electron chi connectivity index (χ0n) is 11.1. The second-order valence-electron chi connectivity index (χ2n) is 4.51. The summed E-state index contributed by atoms with van der Waals surface area (Å²) in [7, 11) is 3.88. The predicted octanol–water partition coefficient (Wildman–Crippen LogP) is 3.10. The molecule has 0 amide bonds. The van der Waals surface area contributed by atoms with Crippen molar-refractivity contribution in [1.29, 1.82) is 0 Å². The summed E-state index contributed by atoms with van der Waals surface area (Å²) in [6.07, 6.45) is 1.07. The lowest BCUT2D eigenvalue weighted by atomic mass is 10.1. The van der Waals surface area contributed by atoms with Gasteiger partial charge in [0.2, 0.25) is 0 Å². The summed E-state index contributed by atoms with van der Waals surface area (Å²) in [6, 6.07) is 7.01. The molecule has 0 bridgehead atoms. The Kier molecular flexibility index (Phi) is 4.81. The van der Waals surface area contributed by atoms with E-state index in [1.54, 1.807) is 7.11 Å². The molecule has 1 aromatic rings. The van der Waals surface area contributed by atoms with Gasteiger partial charge in [0.15, 0.2) is 0 Å². The normalized spacial score (nSPS) is 11.2. The van der Waals surface area contributed by atoms with Crippen LogP contribution < -0.4 is 4.74 Å². The van der Waals surface area contributed by atoms with Gasteiger partial charge in [0.25, 0.3) is 0 Å². The molecule has 2 nitrogen and oxygen atoms in total. The van der Waals surface area contributed by atoms with E-state index in [1.165, 1.54) is 11.1 Å². The van der Waals surface area contributed by atoms with Crippen LogP contribution in [0.4, 0.5) is 0 Å². The number of hydrogen-bond acceptors (Lipinski definition) is 2. The van der Waals surface area contributed by atoms with Gasteiger partial charge in [0.1, 0.15) is 5.75 Å². The molecule has 0 unspecified atom stereocenters. The van der Waals surface area contributed by atoms with Crippen molar-refractivity contribution in [1.82, 2.24) is 4.90 Å². The number of aryl methyl sites for hydroxylation is 1. The lowest BCUT2D eigenvalue weighted by molar-refractivity contribution is 0.261. The summed E-state index contributed by atoms with van der Waals surface area (Å²) in [6.45, 7) is 7.53. The zero-order valence-corrected chi connectivity index (χ0v) is 11.1. The quantitative estimate of drug-likeness (QED) is 0.757. The Morgan fingerprint density at radius 1 is 1.31 bits per heavy atom. The molecule has 0 saturated carbocycles. The minimum absolute atomic E-state index is 0.551. The Morgan fingerprint density at radius 3 is 2.50 bits per heavy atom. The third kappa shape index (κ3) is 3.24. The van der Waals surface area contributed by atoms with Gasteiger partial charge in [-0.3, -0.25) is 4.90 Å². The molecule has 90 valence electrons. The molecule has 0 spiro atoms. The van der Waals surface area contributed by atoms with E-state index < -0.39 is 0 Å². The van der Waals surface area contributed by atoms with Crippen molar-refractivity contribution in [3.8, 4) is 5.75 Å². The van der Waals surface area contributed by atoms with E-state index in [2.05, 4.69) is 50.9 Å². The molecule has 2 heteroatoms. The summed E-state index contributed by atoms with van der Waals surface area (Å²) in [5, 5.41) is 0. The molecule has 1 rings (SSSR count). The SMILES string of the molecule is CCc1ccc(OC)c(CN(C)C(C)C)c1. The minimum atomic E-state index is 0.551. The smallest absolute Gasteiger partial charge is 0.123 e. The van der Waals surface area contributed by atoms with Crippen LogP contribution in [0.15, 0.2) is 18.2 Å². The standard InChI is InChI=1S/C14H23NO/c1-6-12-7-8-14(16-5)13(9-12)10-15(4)11(2)3/h7-9,11H,6,10H2,1-5H3. The number of nitrogens with zero attached hydrogens (tertiary/aromatic N) is 1. The van der Waals surface area contributed by atoms with E-state index in [1.807, 2.05) is 0 Å². The van der Waals surface area contributed by atoms with Crippen LogP contribution in [0.3, 0.4) is 0 Å². The Morgan fingerprint density at radius 2 is 2.00 bits per heavy atom. The van der Waals surface area contributed by atoms with Crippen molar-refractivity contribution in [3.05, 3.63) is 29.3 Å². The second-order valence-corrected chi connectivity index (χ2v) is 4.51. The third-order valence-electron chi connectivity index (χ3n) is 3.05. The van der Waals surface area contributed by atoms with E-state index in [-0.39, 0.29) is 0 Å². The maximum absolute atomic E-state index is 5.40. The first-order chi connectivity index (χ1) is 7.58. The highest BCUT2D eigenvalue weighted by Gasteiger charge is 2.09. The number of methoxy groups -OCH3 is 1. The largest absolute Gasteiger partial charge is 0.496 e. The van der Waals surface area contributed by atoms with Crippen molar-refractivity contribution in [2.24, 2.45) is 0 Å². The van der Waals surface area contributed by atoms with Gasteiger partial charge >= 0.3 is 0 Å². The summed E-state index contributed by atoms with van der Waals surface area (Å²) in [5.41, 5.74) is 2.64. The van der Waals surface area contributed by atoms with E-state index in [9.17, 15) is 0 Å². The first-order valence-electron chi connectivity index (χ1n) is 5.94. The summed E-state index contributed by atoms with van der Waals surface area (Å²) in [5.74, 6) is 0.990. The fraction of sp³-hybridized carbons (Fsp3) is 0.571. The van der Waals surface area contributed by atoms with Crippen LogP contribution in [0.2, 0.25) is 0 Å². The van der Waals surface area contributed by atoms with Gasteiger partial charge in [0, 0.05) is 18.2 Å². The van der Waals surface area contributed by atoms with Crippen molar-refractivity contribution in [3.63, 3.8) is 0 Å². The first-order valence-corrected chi connectivity index (χ1v) is 5.94. The van der Waals surface area contributed by atoms with Crippen LogP contribution in [0.5, 0.6) is 5.75 Å². The number of ether oxygens (including phenoxy) is 1. The Bertz CT molecular complexity index is 334. The van der Waals surface area contributed by atoms with Gasteiger partial charge in [-0.25, -0.2) is 0 Å². The summed E-state index contributed by atoms with van der Waals surface area (Å²) >= 11 is 0. The zero-order chi connectivity index (χ0) is 12.1. The molecular formula is C14H23NO. The highest BCUT2D eigenvalue weighted by molar-refractivity contribution is 5.37. The van der Waals surface area contributed by atoms with Crippen LogP contribution in [-0.2, 0) is 13.0 Å². The molecule has 0 aliphatic carbocycles. The van der Waals surface area contributed by atoms with E-state index in [0.717, 1.165) is 18.7 Å². The molecule has 0 aliphatic rings. The Balaban J connectivity index is 2.91. The second kappa shape index (κ2) is 5.90. The fourth-order valence-electron chi connectivity index (χ4n) is 1.63. The van der Waals surface area contributed by atoms with Crippen LogP contribution in [0.1, 0.15) is 31.9 Å². The van der Waals surface area contributed by atoms with Crippen molar-refractivity contribution in [2.75, 3.05) is 14.2 Å². The minimum Gasteiger partial charge on any atom is -0.496 e. The maximum atomic E-state index is 5.40. The van der Waals surface area contributed by atoms with Gasteiger partial charge in [-0.05, 0) is 38.9 Å². The molecule has 0 fully saturated rings. The van der Waals surface area contributed by atoms with Crippen LogP contribution in [0.25, 0.3) is 0 Å². The van der Waals surface area contributed by atoms with E-state index in [4.69, 9.17) is 4.74 Å². The highest BCUT2D eigenvalue weighted by Crippen LogP contribution is 2.22. The van der Waals surface area contributed by atoms with Gasteiger partial charge < -0.3 is 4.74 Å². The summed E-state index contributed by atoms with van der Waals surface area (Å²) < 4.78 is 5.40. The molecule has 0 radical (unpaired) electrons. The van der Waals surface area contributed by atoms with Gasteiger partial charge in [-0.2, -0.15) is 0 Å². The van der Waals surface area contributed by atoms with Crippen molar-refractivity contribution >= 4 is 0 Å². The number of benzene rings is 1. The topological polar surface area (TPSA) is 12.5 Å². The lowest BCUT2D eigenvalue weighted by Gasteiger charge is -2.22. The fourth-order valence-corrected chi connectivity index (χ4v) is 1.63. The van der Waals surface area contributed by atoms with Gasteiger partial charge in [0.05, 0.1) is 7.11 Å². The first kappa shape index (κ1) is 13.0. The maximum Gasteiger partial charge on any atom is 0.123 e. The van der Waals surface area contributed by atoms with Crippen LogP contribution in [-0.4, -0.2) is 25.1 Å². The Labute approximate surface area is 99.2 Å². The van der Waals surface area contributed by atoms with Gasteiger partial charge in [-0.15, -0.1) is 0 Å². The molecule has 0 heterocycles. The van der Waals surface area contributed by atoms with Crippen LogP contribution in [0, 0.1) is 0 Å². The average Bonchev–Trinajstić information content (AvgIpc) is 2.28. The molecule has 0 N–H and O–H groups in total. The monoisotopic (exact) mass is 221 g/mol.